The standard InChI is InChI=1S/C16H22O4/c1-4-6-19-15-10-14(13-18-9-8-17-3)11-16(12-15)20-7-5-2/h4-5,10-12H,1-2,6-9,13H2,3H3. The van der Waals surface area contributed by atoms with Crippen molar-refractivity contribution in [3.8, 4) is 11.5 Å². The Balaban J connectivity index is 2.68. The zero-order valence-electron chi connectivity index (χ0n) is 12.0. The third-order valence-corrected chi connectivity index (χ3v) is 2.38. The van der Waals surface area contributed by atoms with Crippen LogP contribution in [-0.2, 0) is 16.1 Å². The van der Waals surface area contributed by atoms with E-state index in [1.54, 1.807) is 19.3 Å². The van der Waals surface area contributed by atoms with Crippen molar-refractivity contribution in [2.24, 2.45) is 0 Å². The molecule has 0 radical (unpaired) electrons. The van der Waals surface area contributed by atoms with Crippen molar-refractivity contribution in [2.75, 3.05) is 33.5 Å². The van der Waals surface area contributed by atoms with E-state index in [4.69, 9.17) is 18.9 Å². The Morgan fingerprint density at radius 3 is 2.05 bits per heavy atom. The highest BCUT2D eigenvalue weighted by atomic mass is 16.5. The molecule has 0 N–H and O–H groups in total. The van der Waals surface area contributed by atoms with Crippen molar-refractivity contribution < 1.29 is 18.9 Å². The van der Waals surface area contributed by atoms with E-state index in [1.807, 2.05) is 18.2 Å². The molecule has 0 aliphatic rings. The number of hydrogen-bond acceptors (Lipinski definition) is 4. The minimum absolute atomic E-state index is 0.453. The second-order valence-electron chi connectivity index (χ2n) is 4.06. The van der Waals surface area contributed by atoms with Crippen molar-refractivity contribution >= 4 is 0 Å². The third kappa shape index (κ3) is 6.41. The molecule has 0 aliphatic carbocycles. The summed E-state index contributed by atoms with van der Waals surface area (Å²) in [6, 6.07) is 5.69. The lowest BCUT2D eigenvalue weighted by atomic mass is 10.2. The van der Waals surface area contributed by atoms with Crippen LogP contribution in [0.1, 0.15) is 5.56 Å². The Kier molecular flexibility index (Phi) is 8.19. The molecule has 20 heavy (non-hydrogen) atoms. The highest BCUT2D eigenvalue weighted by Crippen LogP contribution is 2.23. The number of benzene rings is 1. The first-order valence-corrected chi connectivity index (χ1v) is 6.48. The van der Waals surface area contributed by atoms with E-state index < -0.39 is 0 Å². The maximum Gasteiger partial charge on any atom is 0.123 e. The quantitative estimate of drug-likeness (QED) is 0.460. The number of rotatable bonds is 11. The lowest BCUT2D eigenvalue weighted by Crippen LogP contribution is -2.03. The highest BCUT2D eigenvalue weighted by Gasteiger charge is 2.03. The molecule has 1 rings (SSSR count). The van der Waals surface area contributed by atoms with Crippen LogP contribution in [-0.4, -0.2) is 33.5 Å². The fourth-order valence-electron chi connectivity index (χ4n) is 1.52. The molecule has 0 aliphatic heterocycles. The molecule has 0 amide bonds. The Morgan fingerprint density at radius 1 is 0.950 bits per heavy atom. The van der Waals surface area contributed by atoms with E-state index in [1.165, 1.54) is 0 Å². The summed E-state index contributed by atoms with van der Waals surface area (Å²) in [5, 5.41) is 0. The van der Waals surface area contributed by atoms with Crippen LogP contribution >= 0.6 is 0 Å². The van der Waals surface area contributed by atoms with Crippen LogP contribution in [0, 0.1) is 0 Å². The van der Waals surface area contributed by atoms with Gasteiger partial charge in [0.15, 0.2) is 0 Å². The Bertz CT molecular complexity index is 385. The van der Waals surface area contributed by atoms with Gasteiger partial charge in [-0.2, -0.15) is 0 Å². The van der Waals surface area contributed by atoms with E-state index >= 15 is 0 Å². The van der Waals surface area contributed by atoms with Gasteiger partial charge in [-0.15, -0.1) is 0 Å². The van der Waals surface area contributed by atoms with Crippen molar-refractivity contribution in [3.63, 3.8) is 0 Å². The van der Waals surface area contributed by atoms with Crippen molar-refractivity contribution in [3.05, 3.63) is 49.1 Å². The molecule has 0 fully saturated rings. The van der Waals surface area contributed by atoms with Crippen LogP contribution in [0.4, 0.5) is 0 Å². The van der Waals surface area contributed by atoms with Gasteiger partial charge in [-0.3, -0.25) is 0 Å². The smallest absolute Gasteiger partial charge is 0.123 e. The van der Waals surface area contributed by atoms with Crippen LogP contribution in [0.2, 0.25) is 0 Å². The molecule has 1 aromatic rings. The van der Waals surface area contributed by atoms with Gasteiger partial charge in [-0.05, 0) is 17.7 Å². The molecule has 0 atom stereocenters. The second kappa shape index (κ2) is 10.1. The van der Waals surface area contributed by atoms with Gasteiger partial charge in [-0.25, -0.2) is 0 Å². The number of methoxy groups -OCH3 is 1. The van der Waals surface area contributed by atoms with Crippen molar-refractivity contribution in [1.82, 2.24) is 0 Å². The number of ether oxygens (including phenoxy) is 4. The summed E-state index contributed by atoms with van der Waals surface area (Å²) in [6.45, 7) is 9.78. The Hall–Kier alpha value is -1.78. The minimum Gasteiger partial charge on any atom is -0.489 e. The van der Waals surface area contributed by atoms with Crippen LogP contribution in [0.3, 0.4) is 0 Å². The molecule has 4 heteroatoms. The molecule has 110 valence electrons. The molecule has 0 spiro atoms. The normalized spacial score (nSPS) is 10.1. The first kappa shape index (κ1) is 16.3. The molecule has 1 aromatic carbocycles. The van der Waals surface area contributed by atoms with Crippen LogP contribution in [0.25, 0.3) is 0 Å². The highest BCUT2D eigenvalue weighted by molar-refractivity contribution is 5.38. The predicted octanol–water partition coefficient (Wildman–Crippen LogP) is 2.98. The Labute approximate surface area is 120 Å². The largest absolute Gasteiger partial charge is 0.489 e. The molecule has 4 nitrogen and oxygen atoms in total. The Morgan fingerprint density at radius 2 is 1.55 bits per heavy atom. The molecule has 0 unspecified atom stereocenters. The zero-order valence-corrected chi connectivity index (χ0v) is 12.0. The average Bonchev–Trinajstić information content (AvgIpc) is 2.47. The fourth-order valence-corrected chi connectivity index (χ4v) is 1.52. The summed E-state index contributed by atoms with van der Waals surface area (Å²) < 4.78 is 21.5. The summed E-state index contributed by atoms with van der Waals surface area (Å²) in [4.78, 5) is 0. The summed E-state index contributed by atoms with van der Waals surface area (Å²) in [5.74, 6) is 1.47. The first-order valence-electron chi connectivity index (χ1n) is 6.48. The van der Waals surface area contributed by atoms with Gasteiger partial charge >= 0.3 is 0 Å². The summed E-state index contributed by atoms with van der Waals surface area (Å²) >= 11 is 0. The molecule has 0 bridgehead atoms. The molecule has 0 heterocycles. The molecular weight excluding hydrogens is 256 g/mol. The first-order chi connectivity index (χ1) is 9.80. The monoisotopic (exact) mass is 278 g/mol. The summed E-state index contributed by atoms with van der Waals surface area (Å²) in [6.07, 6.45) is 3.40. The second-order valence-corrected chi connectivity index (χ2v) is 4.06. The summed E-state index contributed by atoms with van der Waals surface area (Å²) in [7, 11) is 1.65. The maximum absolute atomic E-state index is 5.54. The zero-order chi connectivity index (χ0) is 14.6. The lowest BCUT2D eigenvalue weighted by Gasteiger charge is -2.11. The SMILES string of the molecule is C=CCOc1cc(COCCOC)cc(OCC=C)c1. The van der Waals surface area contributed by atoms with Crippen molar-refractivity contribution in [2.45, 2.75) is 6.61 Å². The molecule has 0 aromatic heterocycles. The van der Waals surface area contributed by atoms with E-state index in [0.29, 0.717) is 33.0 Å². The predicted molar refractivity (Wildman–Crippen MR) is 79.4 cm³/mol. The van der Waals surface area contributed by atoms with E-state index in [-0.39, 0.29) is 0 Å². The van der Waals surface area contributed by atoms with Crippen LogP contribution in [0.15, 0.2) is 43.5 Å². The van der Waals surface area contributed by atoms with Crippen molar-refractivity contribution in [1.29, 1.82) is 0 Å². The molecular formula is C16H22O4. The van der Waals surface area contributed by atoms with Gasteiger partial charge in [0.25, 0.3) is 0 Å². The van der Waals surface area contributed by atoms with Gasteiger partial charge in [-0.1, -0.05) is 25.3 Å². The van der Waals surface area contributed by atoms with Gasteiger partial charge in [0.05, 0.1) is 19.8 Å². The van der Waals surface area contributed by atoms with Gasteiger partial charge in [0, 0.05) is 13.2 Å². The van der Waals surface area contributed by atoms with Gasteiger partial charge < -0.3 is 18.9 Å². The fraction of sp³-hybridized carbons (Fsp3) is 0.375. The van der Waals surface area contributed by atoms with E-state index in [0.717, 1.165) is 17.1 Å². The number of hydrogen-bond donors (Lipinski definition) is 0. The van der Waals surface area contributed by atoms with Crippen LogP contribution < -0.4 is 9.47 Å². The van der Waals surface area contributed by atoms with Gasteiger partial charge in [0.1, 0.15) is 24.7 Å². The average molecular weight is 278 g/mol. The maximum atomic E-state index is 5.54. The van der Waals surface area contributed by atoms with E-state index in [2.05, 4.69) is 13.2 Å². The van der Waals surface area contributed by atoms with Crippen LogP contribution in [0.5, 0.6) is 11.5 Å². The lowest BCUT2D eigenvalue weighted by molar-refractivity contribution is 0.0615. The van der Waals surface area contributed by atoms with Gasteiger partial charge in [0.2, 0.25) is 0 Å². The minimum atomic E-state index is 0.453. The topological polar surface area (TPSA) is 36.9 Å². The van der Waals surface area contributed by atoms with E-state index in [9.17, 15) is 0 Å². The summed E-state index contributed by atoms with van der Waals surface area (Å²) in [5.41, 5.74) is 0.988. The third-order valence-electron chi connectivity index (χ3n) is 2.38. The molecule has 0 saturated heterocycles. The molecule has 0 saturated carbocycles.